The van der Waals surface area contributed by atoms with Gasteiger partial charge in [0.1, 0.15) is 0 Å². The molecule has 2 N–H and O–H groups in total. The van der Waals surface area contributed by atoms with E-state index in [0.29, 0.717) is 10.7 Å². The highest BCUT2D eigenvalue weighted by molar-refractivity contribution is 7.80. The third kappa shape index (κ3) is 5.35. The van der Waals surface area contributed by atoms with Crippen LogP contribution in [0.15, 0.2) is 59.7 Å². The molecule has 0 aliphatic rings. The zero-order valence-corrected chi connectivity index (χ0v) is 12.8. The fourth-order valence-electron chi connectivity index (χ4n) is 1.81. The molecule has 2 aromatic rings. The molecule has 0 amide bonds. The van der Waals surface area contributed by atoms with Crippen molar-refractivity contribution in [1.82, 2.24) is 10.7 Å². The zero-order chi connectivity index (χ0) is 15.6. The zero-order valence-electron chi connectivity index (χ0n) is 12.0. The molecular weight excluding hydrogens is 292 g/mol. The Morgan fingerprint density at radius 1 is 1.14 bits per heavy atom. The van der Waals surface area contributed by atoms with E-state index in [4.69, 9.17) is 17.5 Å². The van der Waals surface area contributed by atoms with Gasteiger partial charge in [-0.15, -0.1) is 0 Å². The molecule has 4 nitrogen and oxygen atoms in total. The Morgan fingerprint density at radius 3 is 2.55 bits per heavy atom. The van der Waals surface area contributed by atoms with Gasteiger partial charge in [0.15, 0.2) is 5.11 Å². The number of hydrogen-bond donors (Lipinski definition) is 2. The van der Waals surface area contributed by atoms with Gasteiger partial charge < -0.3 is 5.32 Å². The molecule has 0 atom stereocenters. The van der Waals surface area contributed by atoms with Gasteiger partial charge in [0.2, 0.25) is 0 Å². The number of nitrogens with zero attached hydrogens (tertiary/aromatic N) is 2. The lowest BCUT2D eigenvalue weighted by atomic mass is 10.1. The first-order chi connectivity index (χ1) is 10.8. The Balaban J connectivity index is 1.70. The van der Waals surface area contributed by atoms with Gasteiger partial charge in [-0.25, -0.2) is 0 Å². The summed E-state index contributed by atoms with van der Waals surface area (Å²) in [6.45, 7) is 0.752. The minimum absolute atomic E-state index is 0.487. The number of nitrogens with one attached hydrogen (secondary N) is 2. The number of hydrazone groups is 1. The van der Waals surface area contributed by atoms with E-state index in [-0.39, 0.29) is 0 Å². The fourth-order valence-corrected chi connectivity index (χ4v) is 1.97. The second-order valence-electron chi connectivity index (χ2n) is 4.60. The van der Waals surface area contributed by atoms with Gasteiger partial charge in [-0.1, -0.05) is 42.5 Å². The molecule has 2 rings (SSSR count). The van der Waals surface area contributed by atoms with Crippen LogP contribution in [0.3, 0.4) is 0 Å². The molecular formula is C17H16N4S. The summed E-state index contributed by atoms with van der Waals surface area (Å²) in [5.41, 5.74) is 5.56. The molecule has 22 heavy (non-hydrogen) atoms. The van der Waals surface area contributed by atoms with E-state index in [2.05, 4.69) is 34.0 Å². The predicted molar refractivity (Wildman–Crippen MR) is 92.6 cm³/mol. The fraction of sp³-hybridized carbons (Fsp3) is 0.118. The van der Waals surface area contributed by atoms with Crippen LogP contribution in [-0.4, -0.2) is 17.9 Å². The van der Waals surface area contributed by atoms with Crippen molar-refractivity contribution in [3.8, 4) is 6.07 Å². The summed E-state index contributed by atoms with van der Waals surface area (Å²) in [5, 5.41) is 16.4. The van der Waals surface area contributed by atoms with Crippen LogP contribution >= 0.6 is 12.2 Å². The normalized spacial score (nSPS) is 10.1. The molecule has 5 heteroatoms. The molecule has 0 spiro atoms. The third-order valence-corrected chi connectivity index (χ3v) is 3.20. The lowest BCUT2D eigenvalue weighted by molar-refractivity contribution is 0.838. The topological polar surface area (TPSA) is 60.2 Å². The van der Waals surface area contributed by atoms with Gasteiger partial charge in [-0.05, 0) is 41.9 Å². The van der Waals surface area contributed by atoms with E-state index in [0.717, 1.165) is 18.5 Å². The van der Waals surface area contributed by atoms with Crippen molar-refractivity contribution >= 4 is 23.5 Å². The van der Waals surface area contributed by atoms with Crippen LogP contribution in [0.2, 0.25) is 0 Å². The largest absolute Gasteiger partial charge is 0.361 e. The molecule has 110 valence electrons. The van der Waals surface area contributed by atoms with Crippen LogP contribution < -0.4 is 10.7 Å². The van der Waals surface area contributed by atoms with Crippen LogP contribution in [0.5, 0.6) is 0 Å². The molecule has 0 saturated heterocycles. The summed E-state index contributed by atoms with van der Waals surface area (Å²) in [6, 6.07) is 19.4. The Morgan fingerprint density at radius 2 is 1.86 bits per heavy atom. The van der Waals surface area contributed by atoms with Crippen molar-refractivity contribution in [2.24, 2.45) is 5.10 Å². The first-order valence-corrected chi connectivity index (χ1v) is 7.30. The molecule has 0 aliphatic carbocycles. The van der Waals surface area contributed by atoms with Gasteiger partial charge in [-0.2, -0.15) is 10.4 Å². The van der Waals surface area contributed by atoms with Crippen LogP contribution in [0.25, 0.3) is 0 Å². The summed E-state index contributed by atoms with van der Waals surface area (Å²) in [5.74, 6) is 0. The summed E-state index contributed by atoms with van der Waals surface area (Å²) >= 11 is 5.15. The molecule has 0 aromatic heterocycles. The standard InChI is InChI=1S/C17H16N4S/c18-12-15-6-8-16(9-7-15)13-20-21-17(22)19-11-10-14-4-2-1-3-5-14/h1-9,13H,10-11H2,(H2,19,21,22)/b20-13-. The van der Waals surface area contributed by atoms with Crippen molar-refractivity contribution in [2.75, 3.05) is 6.54 Å². The lowest BCUT2D eigenvalue weighted by Gasteiger charge is -2.06. The van der Waals surface area contributed by atoms with Crippen LogP contribution in [0, 0.1) is 11.3 Å². The highest BCUT2D eigenvalue weighted by Gasteiger charge is 1.95. The van der Waals surface area contributed by atoms with E-state index in [1.54, 1.807) is 18.3 Å². The summed E-state index contributed by atoms with van der Waals surface area (Å²) in [4.78, 5) is 0. The quantitative estimate of drug-likeness (QED) is 0.506. The third-order valence-electron chi connectivity index (χ3n) is 2.96. The van der Waals surface area contributed by atoms with Crippen molar-refractivity contribution < 1.29 is 0 Å². The molecule has 2 aromatic carbocycles. The maximum absolute atomic E-state index is 8.72. The maximum atomic E-state index is 8.72. The molecule has 0 saturated carbocycles. The second-order valence-corrected chi connectivity index (χ2v) is 5.00. The van der Waals surface area contributed by atoms with Crippen LogP contribution in [0.4, 0.5) is 0 Å². The number of rotatable bonds is 5. The summed E-state index contributed by atoms with van der Waals surface area (Å²) < 4.78 is 0. The predicted octanol–water partition coefficient (Wildman–Crippen LogP) is 2.60. The minimum Gasteiger partial charge on any atom is -0.361 e. The molecule has 0 radical (unpaired) electrons. The van der Waals surface area contributed by atoms with E-state index in [1.807, 2.05) is 30.3 Å². The first kappa shape index (κ1) is 15.7. The average molecular weight is 308 g/mol. The van der Waals surface area contributed by atoms with Gasteiger partial charge in [0.25, 0.3) is 0 Å². The number of nitriles is 1. The van der Waals surface area contributed by atoms with Gasteiger partial charge in [-0.3, -0.25) is 5.43 Å². The second kappa shape index (κ2) is 8.55. The molecule has 0 bridgehead atoms. The van der Waals surface area contributed by atoms with Gasteiger partial charge >= 0.3 is 0 Å². The number of thiocarbonyl (C=S) groups is 1. The van der Waals surface area contributed by atoms with E-state index in [1.165, 1.54) is 5.56 Å². The van der Waals surface area contributed by atoms with E-state index >= 15 is 0 Å². The van der Waals surface area contributed by atoms with Gasteiger partial charge in [0, 0.05) is 6.54 Å². The highest BCUT2D eigenvalue weighted by atomic mass is 32.1. The summed E-state index contributed by atoms with van der Waals surface area (Å²) in [7, 11) is 0. The SMILES string of the molecule is N#Cc1ccc(/C=N\NC(=S)NCCc2ccccc2)cc1. The lowest BCUT2D eigenvalue weighted by Crippen LogP contribution is -2.33. The van der Waals surface area contributed by atoms with Crippen molar-refractivity contribution in [3.63, 3.8) is 0 Å². The van der Waals surface area contributed by atoms with Gasteiger partial charge in [0.05, 0.1) is 17.8 Å². The van der Waals surface area contributed by atoms with Crippen LogP contribution in [0.1, 0.15) is 16.7 Å². The Bertz CT molecular complexity index is 672. The molecule has 0 unspecified atom stereocenters. The number of benzene rings is 2. The van der Waals surface area contributed by atoms with E-state index < -0.39 is 0 Å². The van der Waals surface area contributed by atoms with Crippen molar-refractivity contribution in [1.29, 1.82) is 5.26 Å². The Labute approximate surface area is 135 Å². The Kier molecular flexibility index (Phi) is 6.09. The molecule has 0 aliphatic heterocycles. The average Bonchev–Trinajstić information content (AvgIpc) is 2.56. The van der Waals surface area contributed by atoms with Crippen molar-refractivity contribution in [2.45, 2.75) is 6.42 Å². The minimum atomic E-state index is 0.487. The molecule has 0 heterocycles. The molecule has 0 fully saturated rings. The summed E-state index contributed by atoms with van der Waals surface area (Å²) in [6.07, 6.45) is 2.56. The number of hydrogen-bond acceptors (Lipinski definition) is 3. The van der Waals surface area contributed by atoms with Crippen LogP contribution in [-0.2, 0) is 6.42 Å². The maximum Gasteiger partial charge on any atom is 0.186 e. The van der Waals surface area contributed by atoms with E-state index in [9.17, 15) is 0 Å². The smallest absolute Gasteiger partial charge is 0.186 e. The highest BCUT2D eigenvalue weighted by Crippen LogP contribution is 2.00. The Hall–Kier alpha value is -2.71. The first-order valence-electron chi connectivity index (χ1n) is 6.89. The van der Waals surface area contributed by atoms with Crippen molar-refractivity contribution in [3.05, 3.63) is 71.3 Å². The monoisotopic (exact) mass is 308 g/mol.